The molecule has 2 N–H and O–H groups in total. The number of nitrogens with one attached hydrogen (secondary N) is 2. The zero-order chi connectivity index (χ0) is 16.5. The summed E-state index contributed by atoms with van der Waals surface area (Å²) < 4.78 is 16.5. The second-order valence-electron chi connectivity index (χ2n) is 7.21. The second-order valence-corrected chi connectivity index (χ2v) is 7.21. The average molecular weight is 314 g/mol. The Morgan fingerprint density at radius 2 is 2.05 bits per heavy atom. The van der Waals surface area contributed by atoms with Crippen molar-refractivity contribution in [2.24, 2.45) is 0 Å². The molecule has 0 radical (unpaired) electrons. The molecule has 22 heavy (non-hydrogen) atoms. The number of alkyl carbamates (subject to hydrolysis) is 1. The fraction of sp³-hybridized carbons (Fsp3) is 0.867. The number of amides is 2. The molecule has 0 saturated carbocycles. The first kappa shape index (κ1) is 17.0. The summed E-state index contributed by atoms with van der Waals surface area (Å²) in [7, 11) is 0. The van der Waals surface area contributed by atoms with Crippen LogP contribution >= 0.6 is 0 Å². The lowest BCUT2D eigenvalue weighted by atomic mass is 10.1. The number of hydrogen-bond acceptors (Lipinski definition) is 5. The van der Waals surface area contributed by atoms with Gasteiger partial charge in [0.15, 0.2) is 11.9 Å². The number of rotatable bonds is 4. The van der Waals surface area contributed by atoms with E-state index in [0.717, 1.165) is 6.42 Å². The highest BCUT2D eigenvalue weighted by Crippen LogP contribution is 2.34. The maximum absolute atomic E-state index is 11.8. The summed E-state index contributed by atoms with van der Waals surface area (Å²) in [4.78, 5) is 23.4. The molecule has 0 spiro atoms. The molecule has 0 aromatic rings. The Morgan fingerprint density at radius 3 is 2.68 bits per heavy atom. The smallest absolute Gasteiger partial charge is 0.407 e. The Kier molecular flexibility index (Phi) is 4.67. The van der Waals surface area contributed by atoms with Crippen molar-refractivity contribution in [3.63, 3.8) is 0 Å². The van der Waals surface area contributed by atoms with Gasteiger partial charge >= 0.3 is 6.09 Å². The van der Waals surface area contributed by atoms with Crippen LogP contribution in [-0.2, 0) is 19.0 Å². The molecule has 2 fully saturated rings. The predicted molar refractivity (Wildman–Crippen MR) is 79.2 cm³/mol. The highest BCUT2D eigenvalue weighted by molar-refractivity contribution is 5.85. The summed E-state index contributed by atoms with van der Waals surface area (Å²) >= 11 is 0. The van der Waals surface area contributed by atoms with Gasteiger partial charge in [0.2, 0.25) is 0 Å². The van der Waals surface area contributed by atoms with Crippen LogP contribution in [0.3, 0.4) is 0 Å². The minimum atomic E-state index is -0.722. The van der Waals surface area contributed by atoms with Gasteiger partial charge in [0.25, 0.3) is 5.91 Å². The zero-order valence-corrected chi connectivity index (χ0v) is 13.9. The molecule has 2 rings (SSSR count). The van der Waals surface area contributed by atoms with Gasteiger partial charge in [-0.25, -0.2) is 4.79 Å². The minimum absolute atomic E-state index is 0.0836. The van der Waals surface area contributed by atoms with Crippen LogP contribution in [0.2, 0.25) is 0 Å². The molecular formula is C15H26N2O5. The van der Waals surface area contributed by atoms with Crippen molar-refractivity contribution in [1.29, 1.82) is 0 Å². The highest BCUT2D eigenvalue weighted by atomic mass is 16.8. The zero-order valence-electron chi connectivity index (χ0n) is 13.9. The maximum Gasteiger partial charge on any atom is 0.407 e. The van der Waals surface area contributed by atoms with Crippen LogP contribution in [0.5, 0.6) is 0 Å². The topological polar surface area (TPSA) is 85.9 Å². The standard InChI is InChI=1S/C15H26N2O5/c1-14(2,3)22-13(19)16-8-6-7-9-10-11(12(18)17-9)21-15(4,5)20-10/h9-11H,6-8H2,1-5H3,(H,16,19)(H,17,18)/t9-,10-,11-/m0/s1. The van der Waals surface area contributed by atoms with Gasteiger partial charge < -0.3 is 24.8 Å². The lowest BCUT2D eigenvalue weighted by molar-refractivity contribution is -0.162. The van der Waals surface area contributed by atoms with Crippen LogP contribution in [0.4, 0.5) is 4.79 Å². The van der Waals surface area contributed by atoms with Crippen LogP contribution in [0.25, 0.3) is 0 Å². The van der Waals surface area contributed by atoms with E-state index >= 15 is 0 Å². The lowest BCUT2D eigenvalue weighted by Gasteiger charge is -2.22. The quantitative estimate of drug-likeness (QED) is 0.764. The largest absolute Gasteiger partial charge is 0.444 e. The van der Waals surface area contributed by atoms with Crippen molar-refractivity contribution < 1.29 is 23.8 Å². The van der Waals surface area contributed by atoms with Gasteiger partial charge in [-0.1, -0.05) is 0 Å². The van der Waals surface area contributed by atoms with Crippen LogP contribution in [-0.4, -0.2) is 48.2 Å². The number of fused-ring (bicyclic) bond motifs is 1. The highest BCUT2D eigenvalue weighted by Gasteiger charge is 2.53. The first-order valence-electron chi connectivity index (χ1n) is 7.70. The van der Waals surface area contributed by atoms with Crippen LogP contribution in [0, 0.1) is 0 Å². The molecular weight excluding hydrogens is 288 g/mol. The fourth-order valence-corrected chi connectivity index (χ4v) is 2.70. The average Bonchev–Trinajstić information content (AvgIpc) is 2.79. The van der Waals surface area contributed by atoms with E-state index in [1.807, 2.05) is 20.8 Å². The van der Waals surface area contributed by atoms with Gasteiger partial charge in [-0.3, -0.25) is 4.79 Å². The first-order valence-corrected chi connectivity index (χ1v) is 7.70. The van der Waals surface area contributed by atoms with Crippen molar-refractivity contribution in [3.05, 3.63) is 0 Å². The molecule has 3 atom stereocenters. The van der Waals surface area contributed by atoms with Crippen LogP contribution in [0.1, 0.15) is 47.5 Å². The monoisotopic (exact) mass is 314 g/mol. The lowest BCUT2D eigenvalue weighted by Crippen LogP contribution is -2.37. The molecule has 2 aliphatic rings. The van der Waals surface area contributed by atoms with E-state index in [9.17, 15) is 9.59 Å². The first-order chi connectivity index (χ1) is 10.1. The number of ether oxygens (including phenoxy) is 3. The van der Waals surface area contributed by atoms with Gasteiger partial charge in [0.1, 0.15) is 11.7 Å². The second kappa shape index (κ2) is 6.04. The normalized spacial score (nSPS) is 29.9. The summed E-state index contributed by atoms with van der Waals surface area (Å²) in [6, 6.07) is -0.0836. The third kappa shape index (κ3) is 4.33. The molecule has 2 aliphatic heterocycles. The predicted octanol–water partition coefficient (Wildman–Crippen LogP) is 1.31. The third-order valence-corrected chi connectivity index (χ3v) is 3.47. The van der Waals surface area contributed by atoms with Gasteiger partial charge in [-0.05, 0) is 47.5 Å². The van der Waals surface area contributed by atoms with E-state index in [2.05, 4.69) is 10.6 Å². The third-order valence-electron chi connectivity index (χ3n) is 3.47. The van der Waals surface area contributed by atoms with E-state index in [-0.39, 0.29) is 18.1 Å². The van der Waals surface area contributed by atoms with Gasteiger partial charge in [-0.15, -0.1) is 0 Å². The van der Waals surface area contributed by atoms with Gasteiger partial charge in [0.05, 0.1) is 6.04 Å². The Morgan fingerprint density at radius 1 is 1.36 bits per heavy atom. The molecule has 0 unspecified atom stereocenters. The number of carbonyl (C=O) groups excluding carboxylic acids is 2. The molecule has 0 aliphatic carbocycles. The molecule has 7 nitrogen and oxygen atoms in total. The molecule has 0 bridgehead atoms. The summed E-state index contributed by atoms with van der Waals surface area (Å²) in [5.74, 6) is -0.846. The fourth-order valence-electron chi connectivity index (χ4n) is 2.70. The number of hydrogen-bond donors (Lipinski definition) is 2. The van der Waals surface area contributed by atoms with E-state index in [1.165, 1.54) is 0 Å². The Balaban J connectivity index is 1.72. The Labute approximate surface area is 131 Å². The van der Waals surface area contributed by atoms with Crippen molar-refractivity contribution in [2.75, 3.05) is 6.54 Å². The Bertz CT molecular complexity index is 444. The Hall–Kier alpha value is -1.34. The van der Waals surface area contributed by atoms with Crippen LogP contribution in [0.15, 0.2) is 0 Å². The molecule has 2 heterocycles. The SMILES string of the molecule is CC(C)(C)OC(=O)NCCC[C@@H]1NC(=O)[C@H]2OC(C)(C)O[C@@H]12. The summed E-state index contributed by atoms with van der Waals surface area (Å²) in [6.45, 7) is 9.56. The van der Waals surface area contributed by atoms with E-state index < -0.39 is 23.6 Å². The number of carbonyl (C=O) groups is 2. The van der Waals surface area contributed by atoms with Crippen molar-refractivity contribution in [3.8, 4) is 0 Å². The molecule has 126 valence electrons. The van der Waals surface area contributed by atoms with E-state index in [0.29, 0.717) is 13.0 Å². The van der Waals surface area contributed by atoms with E-state index in [1.54, 1.807) is 13.8 Å². The molecule has 2 saturated heterocycles. The van der Waals surface area contributed by atoms with E-state index in [4.69, 9.17) is 14.2 Å². The van der Waals surface area contributed by atoms with Crippen molar-refractivity contribution in [2.45, 2.75) is 77.1 Å². The van der Waals surface area contributed by atoms with Gasteiger partial charge in [-0.2, -0.15) is 0 Å². The van der Waals surface area contributed by atoms with Crippen molar-refractivity contribution >= 4 is 12.0 Å². The molecule has 7 heteroatoms. The van der Waals surface area contributed by atoms with Gasteiger partial charge in [0, 0.05) is 6.54 Å². The summed E-state index contributed by atoms with van der Waals surface area (Å²) in [5.41, 5.74) is -0.503. The summed E-state index contributed by atoms with van der Waals surface area (Å²) in [6.07, 6.45) is 0.213. The summed E-state index contributed by atoms with van der Waals surface area (Å²) in [5, 5.41) is 5.59. The van der Waals surface area contributed by atoms with Crippen LogP contribution < -0.4 is 10.6 Å². The molecule has 0 aromatic carbocycles. The molecule has 2 amide bonds. The minimum Gasteiger partial charge on any atom is -0.444 e. The maximum atomic E-state index is 11.8. The molecule has 0 aromatic heterocycles. The van der Waals surface area contributed by atoms with Crippen molar-refractivity contribution in [1.82, 2.24) is 10.6 Å².